The molecule has 3 rings (SSSR count). The number of nitrogens with one attached hydrogen (secondary N) is 2. The van der Waals surface area contributed by atoms with Crippen molar-refractivity contribution in [1.82, 2.24) is 9.62 Å². The van der Waals surface area contributed by atoms with Crippen LogP contribution in [0.25, 0.3) is 0 Å². The number of ether oxygens (including phenoxy) is 1. The molecule has 0 aromatic heterocycles. The number of sulfonamides is 1. The van der Waals surface area contributed by atoms with Crippen molar-refractivity contribution in [1.29, 1.82) is 0 Å². The zero-order valence-electron chi connectivity index (χ0n) is 16.2. The first kappa shape index (κ1) is 20.2. The standard InChI is InChI=1S/C20H25N3O4S/c1-14(2)23(3)28(25,26)16-10-8-15(9-11-16)21-20(24)22-18-12-13-27-19-7-5-4-6-17(18)19/h4-11,14,18H,12-13H2,1-3H3,(H2,21,22,24). The second-order valence-electron chi connectivity index (χ2n) is 6.97. The third-order valence-electron chi connectivity index (χ3n) is 4.78. The van der Waals surface area contributed by atoms with E-state index in [1.807, 2.05) is 38.1 Å². The van der Waals surface area contributed by atoms with Crippen LogP contribution in [0.15, 0.2) is 53.4 Å². The average molecular weight is 404 g/mol. The van der Waals surface area contributed by atoms with Gasteiger partial charge in [0.1, 0.15) is 5.75 Å². The predicted octanol–water partition coefficient (Wildman–Crippen LogP) is 3.36. The molecular weight excluding hydrogens is 378 g/mol. The lowest BCUT2D eigenvalue weighted by molar-refractivity contribution is 0.232. The van der Waals surface area contributed by atoms with Crippen molar-refractivity contribution in [2.75, 3.05) is 19.0 Å². The minimum absolute atomic E-state index is 0.135. The van der Waals surface area contributed by atoms with Gasteiger partial charge in [0, 0.05) is 30.8 Å². The molecule has 2 amide bonds. The Labute approximate surface area is 165 Å². The predicted molar refractivity (Wildman–Crippen MR) is 108 cm³/mol. The van der Waals surface area contributed by atoms with E-state index in [0.717, 1.165) is 11.3 Å². The highest BCUT2D eigenvalue weighted by atomic mass is 32.2. The van der Waals surface area contributed by atoms with Crippen molar-refractivity contribution >= 4 is 21.7 Å². The van der Waals surface area contributed by atoms with Gasteiger partial charge in [0.25, 0.3) is 0 Å². The Hall–Kier alpha value is -2.58. The monoisotopic (exact) mass is 403 g/mol. The van der Waals surface area contributed by atoms with E-state index < -0.39 is 10.0 Å². The maximum absolute atomic E-state index is 12.5. The highest BCUT2D eigenvalue weighted by Crippen LogP contribution is 2.31. The third-order valence-corrected chi connectivity index (χ3v) is 6.83. The van der Waals surface area contributed by atoms with Crippen molar-refractivity contribution in [3.8, 4) is 5.75 Å². The topological polar surface area (TPSA) is 87.7 Å². The molecule has 0 bridgehead atoms. The third kappa shape index (κ3) is 4.28. The summed E-state index contributed by atoms with van der Waals surface area (Å²) in [7, 11) is -2.00. The summed E-state index contributed by atoms with van der Waals surface area (Å²) in [5.41, 5.74) is 1.46. The molecule has 1 aliphatic rings. The molecule has 1 aliphatic heterocycles. The van der Waals surface area contributed by atoms with Crippen molar-refractivity contribution in [3.63, 3.8) is 0 Å². The molecule has 0 radical (unpaired) electrons. The Morgan fingerprint density at radius 1 is 1.14 bits per heavy atom. The number of hydrogen-bond donors (Lipinski definition) is 2. The number of carbonyl (C=O) groups excluding carboxylic acids is 1. The first-order chi connectivity index (χ1) is 13.3. The van der Waals surface area contributed by atoms with Crippen LogP contribution in [-0.4, -0.2) is 38.5 Å². The summed E-state index contributed by atoms with van der Waals surface area (Å²) in [5, 5.41) is 5.70. The molecule has 150 valence electrons. The first-order valence-electron chi connectivity index (χ1n) is 9.16. The quantitative estimate of drug-likeness (QED) is 0.801. The molecule has 1 heterocycles. The second-order valence-corrected chi connectivity index (χ2v) is 8.96. The number of nitrogens with zero attached hydrogens (tertiary/aromatic N) is 1. The van der Waals surface area contributed by atoms with Crippen molar-refractivity contribution in [2.24, 2.45) is 0 Å². The van der Waals surface area contributed by atoms with Gasteiger partial charge in [-0.3, -0.25) is 0 Å². The van der Waals surface area contributed by atoms with Crippen LogP contribution in [0.1, 0.15) is 31.9 Å². The molecule has 0 saturated heterocycles. The van der Waals surface area contributed by atoms with Gasteiger partial charge in [-0.05, 0) is 44.2 Å². The van der Waals surface area contributed by atoms with Crippen molar-refractivity contribution < 1.29 is 17.9 Å². The van der Waals surface area contributed by atoms with Crippen LogP contribution < -0.4 is 15.4 Å². The van der Waals surface area contributed by atoms with Crippen molar-refractivity contribution in [3.05, 3.63) is 54.1 Å². The first-order valence-corrected chi connectivity index (χ1v) is 10.6. The van der Waals surface area contributed by atoms with Gasteiger partial charge in [0.05, 0.1) is 17.5 Å². The molecule has 0 aliphatic carbocycles. The minimum atomic E-state index is -3.55. The molecule has 2 aromatic rings. The zero-order valence-corrected chi connectivity index (χ0v) is 17.0. The summed E-state index contributed by atoms with van der Waals surface area (Å²) in [4.78, 5) is 12.6. The van der Waals surface area contributed by atoms with Crippen LogP contribution in [0.3, 0.4) is 0 Å². The summed E-state index contributed by atoms with van der Waals surface area (Å²) in [6.45, 7) is 4.16. The Morgan fingerprint density at radius 2 is 1.82 bits per heavy atom. The number of para-hydroxylation sites is 1. The van der Waals surface area contributed by atoms with Crippen LogP contribution in [0, 0.1) is 0 Å². The lowest BCUT2D eigenvalue weighted by atomic mass is 10.0. The van der Waals surface area contributed by atoms with Crippen molar-refractivity contribution in [2.45, 2.75) is 37.2 Å². The molecule has 8 heteroatoms. The number of amides is 2. The second kappa shape index (κ2) is 8.20. The van der Waals surface area contributed by atoms with Gasteiger partial charge in [0.2, 0.25) is 10.0 Å². The summed E-state index contributed by atoms with van der Waals surface area (Å²) in [6.07, 6.45) is 0.684. The van der Waals surface area contributed by atoms with E-state index in [0.29, 0.717) is 18.7 Å². The van der Waals surface area contributed by atoms with Gasteiger partial charge >= 0.3 is 6.03 Å². The smallest absolute Gasteiger partial charge is 0.319 e. The summed E-state index contributed by atoms with van der Waals surface area (Å²) < 4.78 is 31.9. The largest absolute Gasteiger partial charge is 0.493 e. The zero-order chi connectivity index (χ0) is 20.3. The van der Waals surface area contributed by atoms with Gasteiger partial charge in [-0.15, -0.1) is 0 Å². The molecule has 0 spiro atoms. The molecule has 1 atom stereocenters. The lowest BCUT2D eigenvalue weighted by Crippen LogP contribution is -2.35. The maximum atomic E-state index is 12.5. The molecule has 28 heavy (non-hydrogen) atoms. The van der Waals surface area contributed by atoms with E-state index in [9.17, 15) is 13.2 Å². The van der Waals surface area contributed by atoms with E-state index >= 15 is 0 Å². The molecule has 0 saturated carbocycles. The minimum Gasteiger partial charge on any atom is -0.493 e. The maximum Gasteiger partial charge on any atom is 0.319 e. The summed E-state index contributed by atoms with van der Waals surface area (Å²) in [6, 6.07) is 13.1. The Morgan fingerprint density at radius 3 is 2.50 bits per heavy atom. The molecule has 7 nitrogen and oxygen atoms in total. The van der Waals surface area contributed by atoms with Crippen LogP contribution in [0.5, 0.6) is 5.75 Å². The summed E-state index contributed by atoms with van der Waals surface area (Å²) in [5.74, 6) is 0.780. The number of hydrogen-bond acceptors (Lipinski definition) is 4. The molecule has 2 N–H and O–H groups in total. The Kier molecular flexibility index (Phi) is 5.90. The van der Waals surface area contributed by atoms with Gasteiger partial charge in [-0.25, -0.2) is 13.2 Å². The molecule has 1 unspecified atom stereocenters. The fraction of sp³-hybridized carbons (Fsp3) is 0.350. The van der Waals surface area contributed by atoms with Crippen LogP contribution >= 0.6 is 0 Å². The molecule has 0 fully saturated rings. The van der Waals surface area contributed by atoms with E-state index in [1.165, 1.54) is 16.4 Å². The average Bonchev–Trinajstić information content (AvgIpc) is 2.68. The normalized spacial score (nSPS) is 16.4. The fourth-order valence-electron chi connectivity index (χ4n) is 2.97. The highest BCUT2D eigenvalue weighted by Gasteiger charge is 2.24. The van der Waals surface area contributed by atoms with Gasteiger partial charge in [-0.1, -0.05) is 18.2 Å². The van der Waals surface area contributed by atoms with E-state index in [-0.39, 0.29) is 23.0 Å². The van der Waals surface area contributed by atoms with Crippen LogP contribution in [0.2, 0.25) is 0 Å². The van der Waals surface area contributed by atoms with Gasteiger partial charge in [0.15, 0.2) is 0 Å². The Balaban J connectivity index is 1.66. The summed E-state index contributed by atoms with van der Waals surface area (Å²) >= 11 is 0. The number of urea groups is 1. The number of anilines is 1. The van der Waals surface area contributed by atoms with E-state index in [4.69, 9.17) is 4.74 Å². The number of rotatable bonds is 5. The number of benzene rings is 2. The van der Waals surface area contributed by atoms with Gasteiger partial charge < -0.3 is 15.4 Å². The number of fused-ring (bicyclic) bond motifs is 1. The molecular formula is C20H25N3O4S. The van der Waals surface area contributed by atoms with E-state index in [1.54, 1.807) is 19.2 Å². The lowest BCUT2D eigenvalue weighted by Gasteiger charge is -2.26. The SMILES string of the molecule is CC(C)N(C)S(=O)(=O)c1ccc(NC(=O)NC2CCOc3ccccc32)cc1. The highest BCUT2D eigenvalue weighted by molar-refractivity contribution is 7.89. The Bertz CT molecular complexity index is 942. The van der Waals surface area contributed by atoms with Crippen LogP contribution in [0.4, 0.5) is 10.5 Å². The van der Waals surface area contributed by atoms with E-state index in [2.05, 4.69) is 10.6 Å². The van der Waals surface area contributed by atoms with Crippen LogP contribution in [-0.2, 0) is 10.0 Å². The van der Waals surface area contributed by atoms with Gasteiger partial charge in [-0.2, -0.15) is 4.31 Å². The number of carbonyl (C=O) groups is 1. The molecule has 2 aromatic carbocycles. The fourth-order valence-corrected chi connectivity index (χ4v) is 4.34.